The van der Waals surface area contributed by atoms with Crippen LogP contribution in [0.15, 0.2) is 190 Å². The minimum absolute atomic E-state index is 0.0562. The predicted octanol–water partition coefficient (Wildman–Crippen LogP) is 22.1. The summed E-state index contributed by atoms with van der Waals surface area (Å²) in [6, 6.07) is 0. The maximum Gasteiger partial charge on any atom is 0.417 e. The normalized spacial score (nSPS) is 18.7. The van der Waals surface area contributed by atoms with Gasteiger partial charge >= 0.3 is 43.8 Å². The summed E-state index contributed by atoms with van der Waals surface area (Å²) in [5.74, 6) is -0.567. The Balaban J connectivity index is -0.000000264. The number of esters is 2. The Bertz CT molecular complexity index is 3910. The molecule has 8 atom stereocenters. The van der Waals surface area contributed by atoms with Crippen molar-refractivity contribution in [3.05, 3.63) is 190 Å². The number of imide groups is 3. The van der Waals surface area contributed by atoms with E-state index >= 15 is 0 Å². The van der Waals surface area contributed by atoms with Crippen LogP contribution in [-0.2, 0) is 85.2 Å². The van der Waals surface area contributed by atoms with Crippen molar-refractivity contribution in [1.29, 1.82) is 0 Å². The number of aliphatic carboxylic acids is 1. The van der Waals surface area contributed by atoms with Crippen molar-refractivity contribution in [1.82, 2.24) is 20.0 Å². The molecule has 0 radical (unpaired) electrons. The van der Waals surface area contributed by atoms with Gasteiger partial charge in [0, 0.05) is 50.5 Å². The molecule has 0 aromatic heterocycles. The first-order valence-electron chi connectivity index (χ1n) is 43.9. The zero-order valence-corrected chi connectivity index (χ0v) is 86.6. The van der Waals surface area contributed by atoms with Gasteiger partial charge in [-0.05, 0) is 273 Å². The number of nitrogens with two attached hydrogens (primary N) is 1. The highest BCUT2D eigenvalue weighted by atomic mass is 35.5. The lowest BCUT2D eigenvalue weighted by Crippen LogP contribution is -2.40. The third kappa shape index (κ3) is 68.1. The molecule has 0 unspecified atom stereocenters. The maximum absolute atomic E-state index is 12.4. The number of nitrogens with zero attached hydrogens (tertiary/aromatic N) is 3. The highest BCUT2D eigenvalue weighted by molar-refractivity contribution is 7.54. The number of carboxylic acid groups (broad SMARTS) is 1. The minimum Gasteiger partial charge on any atom is -0.478 e. The Morgan fingerprint density at radius 2 is 0.869 bits per heavy atom. The molecular formula is C101H163ClN5O22P. The average molecular weight is 1870 g/mol. The summed E-state index contributed by atoms with van der Waals surface area (Å²) in [5, 5.41) is 10.4. The summed E-state index contributed by atoms with van der Waals surface area (Å²) in [6.45, 7) is 69.3. The Hall–Kier alpha value is -10.0. The van der Waals surface area contributed by atoms with Gasteiger partial charge in [-0.1, -0.05) is 182 Å². The standard InChI is InChI=1S/3C16H25NO3.C11H17NO.C9H14O2.C8H17O5P.C7H9ClO.C7H10O2.C5H8O.C4H9N.C2H4O/c2*1-9-7-12-13(11(3)10(9)2)8-17(14(12)18)15(19)20-16(4,5)6;1-7-9-12-17(15(19)20-16(4,5)6)14(18)11-10-13(3)8-2;1-4-6-9-12-11(13)8-7-10(3)5-2;1-4-8(3)6-7-9(10)11-5-2;1-4-11-8(9)7-14(10,12-5-2)13-6-3;2*1-3-6(2)4-5-7(8)9;1-3-5(2)4-6;1-2-3-4-5;1-2-3/h2*7,10-13H,8H2,1-6H3;7-11H,12H2,1-6H3;4-8H,9H2,1-3H3,(H,12,13);4,6-7H,5H2,1-3H3;4-7H2,1-3H3;3-5H,1-2H3;3-5H,1-2H3,(H,8,9);3-4H,1-2H3;2-3H,4-5H2,1H3;2H,1H3/b;;9-7-,11-10+,13-8+;6-4-,8-7+,10-5+;7-6+,8-4+;;2*5-4+,6-3+;5-3+;3-2-;/t10-,11+,12+,13+;10-,11-,12+,13-;;;;;;;;;/m10........./s1. The van der Waals surface area contributed by atoms with E-state index in [0.29, 0.717) is 56.5 Å². The number of amides is 7. The number of nitrogens with one attached hydrogen (secondary N) is 1. The number of ether oxygens (including phenoxy) is 5. The molecule has 2 saturated heterocycles. The molecule has 2 aliphatic heterocycles. The van der Waals surface area contributed by atoms with Crippen LogP contribution in [0.25, 0.3) is 0 Å². The van der Waals surface area contributed by atoms with Crippen molar-refractivity contribution in [2.45, 2.75) is 259 Å². The third-order valence-electron chi connectivity index (χ3n) is 18.6. The average Bonchev–Trinajstić information content (AvgIpc) is 1.63. The van der Waals surface area contributed by atoms with E-state index in [1.165, 1.54) is 46.1 Å². The van der Waals surface area contributed by atoms with E-state index in [0.717, 1.165) is 57.0 Å². The number of halogens is 1. The highest BCUT2D eigenvalue weighted by Gasteiger charge is 2.50. The zero-order valence-electron chi connectivity index (χ0n) is 85.0. The number of fused-ring (bicyclic) bond motifs is 2. The molecule has 2 heterocycles. The molecule has 0 spiro atoms. The lowest BCUT2D eigenvalue weighted by molar-refractivity contribution is -0.140. The fourth-order valence-corrected chi connectivity index (χ4v) is 11.8. The number of carboxylic acids is 1. The molecule has 0 bridgehead atoms. The predicted molar refractivity (Wildman–Crippen MR) is 526 cm³/mol. The number of carbonyl (C=O) groups excluding carboxylic acids is 12. The fraction of sp³-hybridized carbons (Fsp3) is 0.554. The molecule has 2 aliphatic carbocycles. The van der Waals surface area contributed by atoms with Crippen LogP contribution >= 0.6 is 19.2 Å². The van der Waals surface area contributed by atoms with E-state index in [2.05, 4.69) is 56.3 Å². The van der Waals surface area contributed by atoms with E-state index < -0.39 is 65.8 Å². The topological polar surface area (TPSA) is 372 Å². The quantitative estimate of drug-likeness (QED) is 0.0118. The number of aldehydes is 2. The molecule has 0 aromatic rings. The van der Waals surface area contributed by atoms with Crippen molar-refractivity contribution in [2.24, 2.45) is 53.1 Å². The molecule has 29 heteroatoms. The van der Waals surface area contributed by atoms with E-state index in [-0.39, 0.29) is 79.9 Å². The van der Waals surface area contributed by atoms with Crippen LogP contribution in [-0.4, -0.2) is 180 Å². The molecule has 4 N–H and O–H groups in total. The van der Waals surface area contributed by atoms with Crippen molar-refractivity contribution in [3.63, 3.8) is 0 Å². The van der Waals surface area contributed by atoms with Crippen molar-refractivity contribution in [3.8, 4) is 0 Å². The minimum atomic E-state index is -3.28. The first-order chi connectivity index (χ1) is 60.4. The summed E-state index contributed by atoms with van der Waals surface area (Å²) in [7, 11) is -3.28. The molecule has 27 nitrogen and oxygen atoms in total. The van der Waals surface area contributed by atoms with Crippen LogP contribution in [0.4, 0.5) is 14.4 Å². The SMILES string of the molecule is C/C=C(C)/C=C/C(=O)Cl.C/C=C(C)/C=C/C(=O)O.C/C=C(C)/C=C/C(=O)OCC.C/C=C(\C)C=O.C/C=C\CN.C/C=C\CN(C(=O)/C=C/C(C)=C/C)C(=O)OC(C)(C)C.C/C=C\CNC(=O)/C=C/C(C)=C/C.CC1=C[C@@H]2C(=O)N(C(=O)OC(C)(C)C)C[C@H]2[C@@H](C)[C@@H]1C.CC1=C[C@H]2C(=O)N(C(=O)OC(C)(C)C)C[C@H]2[C@@H](C)[C@H]1C.CC=O.CCOC(=O)CP(=O)(OCC)OCC. The second-order valence-corrected chi connectivity index (χ2v) is 34.9. The number of allylic oxidation sites excluding steroid dienone is 23. The number of hydrogen-bond acceptors (Lipinski definition) is 22. The molecule has 736 valence electrons. The van der Waals surface area contributed by atoms with Crippen molar-refractivity contribution >= 4 is 96.8 Å². The first kappa shape index (κ1) is 133. The Kier molecular flexibility index (Phi) is 77.4. The second-order valence-electron chi connectivity index (χ2n) is 32.5. The molecule has 4 aliphatic rings. The molecule has 4 rings (SSSR count). The van der Waals surface area contributed by atoms with Gasteiger partial charge in [-0.2, -0.15) is 0 Å². The number of likely N-dealkylation sites (tertiary alicyclic amines) is 2. The van der Waals surface area contributed by atoms with Crippen LogP contribution in [0.2, 0.25) is 0 Å². The van der Waals surface area contributed by atoms with Crippen molar-refractivity contribution < 1.29 is 105 Å². The van der Waals surface area contributed by atoms with Gasteiger partial charge in [0.1, 0.15) is 35.5 Å². The number of carbonyl (C=O) groups is 13. The fourth-order valence-electron chi connectivity index (χ4n) is 10.3. The van der Waals surface area contributed by atoms with Gasteiger partial charge in [-0.3, -0.25) is 38.1 Å². The summed E-state index contributed by atoms with van der Waals surface area (Å²) in [6.07, 6.45) is 41.4. The van der Waals surface area contributed by atoms with Crippen LogP contribution < -0.4 is 11.1 Å². The smallest absolute Gasteiger partial charge is 0.417 e. The summed E-state index contributed by atoms with van der Waals surface area (Å²) < 4.78 is 46.8. The molecule has 0 saturated carbocycles. The lowest BCUT2D eigenvalue weighted by Gasteiger charge is -2.33. The highest BCUT2D eigenvalue weighted by Crippen LogP contribution is 2.48. The van der Waals surface area contributed by atoms with Gasteiger partial charge in [-0.15, -0.1) is 0 Å². The first-order valence-corrected chi connectivity index (χ1v) is 46.0. The number of rotatable bonds is 24. The van der Waals surface area contributed by atoms with Crippen molar-refractivity contribution in [2.75, 3.05) is 65.3 Å². The van der Waals surface area contributed by atoms with Gasteiger partial charge < -0.3 is 53.7 Å². The van der Waals surface area contributed by atoms with Crippen LogP contribution in [0.1, 0.15) is 242 Å². The molecule has 2 fully saturated rings. The Labute approximate surface area is 785 Å². The molecular weight excluding hydrogens is 1700 g/mol. The van der Waals surface area contributed by atoms with Gasteiger partial charge in [0.25, 0.3) is 5.91 Å². The van der Waals surface area contributed by atoms with Gasteiger partial charge in [0.15, 0.2) is 0 Å². The molecule has 130 heavy (non-hydrogen) atoms. The monoisotopic (exact) mass is 1860 g/mol. The summed E-state index contributed by atoms with van der Waals surface area (Å²) >= 11 is 5.03. The molecule has 7 amide bonds. The van der Waals surface area contributed by atoms with E-state index in [1.54, 1.807) is 110 Å². The van der Waals surface area contributed by atoms with E-state index in [4.69, 9.17) is 50.5 Å². The summed E-state index contributed by atoms with van der Waals surface area (Å²) in [4.78, 5) is 148. The van der Waals surface area contributed by atoms with E-state index in [1.807, 2.05) is 205 Å². The number of hydrogen-bond donors (Lipinski definition) is 3. The van der Waals surface area contributed by atoms with E-state index in [9.17, 15) is 62.1 Å². The second kappa shape index (κ2) is 75.6. The third-order valence-corrected chi connectivity index (χ3v) is 20.7. The van der Waals surface area contributed by atoms with Crippen LogP contribution in [0.5, 0.6) is 0 Å². The molecule has 0 aromatic carbocycles. The van der Waals surface area contributed by atoms with Gasteiger partial charge in [0.05, 0.1) is 44.8 Å². The van der Waals surface area contributed by atoms with Crippen LogP contribution in [0.3, 0.4) is 0 Å². The zero-order chi connectivity index (χ0) is 102. The maximum atomic E-state index is 12.4. The lowest BCUT2D eigenvalue weighted by atomic mass is 9.70. The van der Waals surface area contributed by atoms with Gasteiger partial charge in [-0.25, -0.2) is 38.7 Å². The van der Waals surface area contributed by atoms with Crippen LogP contribution in [0, 0.1) is 47.3 Å². The Morgan fingerprint density at radius 1 is 0.515 bits per heavy atom. The Morgan fingerprint density at radius 3 is 1.17 bits per heavy atom. The summed E-state index contributed by atoms with van der Waals surface area (Å²) in [5.41, 5.74) is 11.6. The largest absolute Gasteiger partial charge is 0.478 e. The van der Waals surface area contributed by atoms with Gasteiger partial charge in [0.2, 0.25) is 23.0 Å².